The fraction of sp³-hybridized carbons (Fsp3) is 0.727. The Morgan fingerprint density at radius 3 is 2.83 bits per heavy atom. The number of ether oxygens (including phenoxy) is 1. The summed E-state index contributed by atoms with van der Waals surface area (Å²) in [6, 6.07) is 0.925. The van der Waals surface area contributed by atoms with Gasteiger partial charge in [-0.15, -0.1) is 0 Å². The van der Waals surface area contributed by atoms with Gasteiger partial charge >= 0.3 is 12.0 Å². The summed E-state index contributed by atoms with van der Waals surface area (Å²) in [5, 5.41) is 17.8. The number of carboxylic acid groups (broad SMARTS) is 1. The Kier molecular flexibility index (Phi) is 3.67. The van der Waals surface area contributed by atoms with Gasteiger partial charge in [0.15, 0.2) is 6.10 Å². The van der Waals surface area contributed by atoms with E-state index in [2.05, 4.69) is 0 Å². The molecule has 98 valence electrons. The van der Waals surface area contributed by atoms with Gasteiger partial charge in [0.05, 0.1) is 19.2 Å². The van der Waals surface area contributed by atoms with Crippen molar-refractivity contribution in [3.63, 3.8) is 0 Å². The summed E-state index contributed by atoms with van der Waals surface area (Å²) in [4.78, 5) is 26.1. The molecule has 2 fully saturated rings. The van der Waals surface area contributed by atoms with Crippen LogP contribution < -0.4 is 0 Å². The maximum Gasteiger partial charge on any atom is 0.326 e. The molecule has 2 atom stereocenters. The Labute approximate surface area is 105 Å². The highest BCUT2D eigenvalue weighted by Gasteiger charge is 2.37. The quantitative estimate of drug-likeness (QED) is 0.703. The van der Waals surface area contributed by atoms with E-state index in [-0.39, 0.29) is 12.6 Å². The molecule has 2 aliphatic rings. The van der Waals surface area contributed by atoms with Crippen LogP contribution in [0.3, 0.4) is 0 Å². The van der Waals surface area contributed by atoms with Gasteiger partial charge in [-0.2, -0.15) is 5.26 Å². The van der Waals surface area contributed by atoms with Crippen LogP contribution in [0.25, 0.3) is 0 Å². The average molecular weight is 253 g/mol. The van der Waals surface area contributed by atoms with Crippen molar-refractivity contribution in [3.05, 3.63) is 0 Å². The Morgan fingerprint density at radius 1 is 1.39 bits per heavy atom. The van der Waals surface area contributed by atoms with E-state index >= 15 is 0 Å². The van der Waals surface area contributed by atoms with E-state index in [0.29, 0.717) is 32.5 Å². The summed E-state index contributed by atoms with van der Waals surface area (Å²) in [7, 11) is 0. The van der Waals surface area contributed by atoms with E-state index in [1.165, 1.54) is 9.80 Å². The smallest absolute Gasteiger partial charge is 0.326 e. The Balaban J connectivity index is 2.02. The van der Waals surface area contributed by atoms with E-state index < -0.39 is 18.1 Å². The van der Waals surface area contributed by atoms with Gasteiger partial charge < -0.3 is 19.6 Å². The minimum atomic E-state index is -0.967. The largest absolute Gasteiger partial charge is 0.480 e. The predicted octanol–water partition coefficient (Wildman–Crippen LogP) is -0.120. The number of amides is 2. The van der Waals surface area contributed by atoms with Crippen LogP contribution in [0, 0.1) is 11.3 Å². The van der Waals surface area contributed by atoms with Gasteiger partial charge in [0, 0.05) is 13.1 Å². The molecule has 0 saturated carbocycles. The maximum absolute atomic E-state index is 12.2. The van der Waals surface area contributed by atoms with Crippen LogP contribution in [-0.4, -0.2) is 65.3 Å². The third kappa shape index (κ3) is 2.38. The number of carboxylic acids is 1. The van der Waals surface area contributed by atoms with Crippen molar-refractivity contribution in [2.24, 2.45) is 0 Å². The van der Waals surface area contributed by atoms with Crippen LogP contribution in [0.2, 0.25) is 0 Å². The first-order chi connectivity index (χ1) is 8.63. The monoisotopic (exact) mass is 253 g/mol. The van der Waals surface area contributed by atoms with Crippen molar-refractivity contribution in [2.75, 3.05) is 26.2 Å². The molecule has 0 aromatic rings. The second-order valence-electron chi connectivity index (χ2n) is 4.41. The first kappa shape index (κ1) is 12.6. The summed E-state index contributed by atoms with van der Waals surface area (Å²) in [6.07, 6.45) is 0.579. The lowest BCUT2D eigenvalue weighted by molar-refractivity contribution is -0.141. The van der Waals surface area contributed by atoms with Gasteiger partial charge in [0.1, 0.15) is 6.04 Å². The van der Waals surface area contributed by atoms with Crippen molar-refractivity contribution in [1.29, 1.82) is 5.26 Å². The lowest BCUT2D eigenvalue weighted by Gasteiger charge is -2.34. The number of carbonyl (C=O) groups is 2. The molecule has 0 radical (unpaired) electrons. The van der Waals surface area contributed by atoms with Gasteiger partial charge in [-0.3, -0.25) is 0 Å². The third-order valence-corrected chi connectivity index (χ3v) is 3.26. The number of rotatable bonds is 1. The topological polar surface area (TPSA) is 93.9 Å². The van der Waals surface area contributed by atoms with E-state index in [1.54, 1.807) is 0 Å². The first-order valence-corrected chi connectivity index (χ1v) is 5.93. The van der Waals surface area contributed by atoms with Gasteiger partial charge in [-0.25, -0.2) is 9.59 Å². The fourth-order valence-electron chi connectivity index (χ4n) is 2.34. The van der Waals surface area contributed by atoms with Crippen molar-refractivity contribution < 1.29 is 19.4 Å². The number of likely N-dealkylation sites (tertiary alicyclic amines) is 1. The molecule has 0 aromatic heterocycles. The molecule has 2 amide bonds. The summed E-state index contributed by atoms with van der Waals surface area (Å²) < 4.78 is 5.15. The van der Waals surface area contributed by atoms with Gasteiger partial charge in [-0.05, 0) is 12.8 Å². The lowest BCUT2D eigenvalue weighted by atomic mass is 10.2. The number of hydrogen-bond acceptors (Lipinski definition) is 4. The molecule has 2 aliphatic heterocycles. The highest BCUT2D eigenvalue weighted by molar-refractivity contribution is 5.83. The number of morpholine rings is 1. The van der Waals surface area contributed by atoms with Crippen LogP contribution in [0.1, 0.15) is 12.8 Å². The van der Waals surface area contributed by atoms with Crippen LogP contribution in [0.4, 0.5) is 4.79 Å². The third-order valence-electron chi connectivity index (χ3n) is 3.26. The maximum atomic E-state index is 12.2. The number of aliphatic carboxylic acids is 1. The van der Waals surface area contributed by atoms with E-state index in [4.69, 9.17) is 15.1 Å². The molecule has 2 rings (SSSR count). The number of hydrogen-bond donors (Lipinski definition) is 1. The molecule has 0 aliphatic carbocycles. The van der Waals surface area contributed by atoms with Crippen molar-refractivity contribution in [3.8, 4) is 6.07 Å². The minimum absolute atomic E-state index is 0.207. The molecule has 18 heavy (non-hydrogen) atoms. The Hall–Kier alpha value is -1.81. The zero-order chi connectivity index (χ0) is 13.1. The van der Waals surface area contributed by atoms with Gasteiger partial charge in [0.2, 0.25) is 0 Å². The van der Waals surface area contributed by atoms with Gasteiger partial charge in [0.25, 0.3) is 0 Å². The van der Waals surface area contributed by atoms with E-state index in [1.807, 2.05) is 6.07 Å². The van der Waals surface area contributed by atoms with Crippen molar-refractivity contribution in [2.45, 2.75) is 25.0 Å². The van der Waals surface area contributed by atoms with Crippen molar-refractivity contribution in [1.82, 2.24) is 9.80 Å². The molecule has 1 unspecified atom stereocenters. The molecule has 0 aromatic carbocycles. The molecule has 7 nitrogen and oxygen atoms in total. The first-order valence-electron chi connectivity index (χ1n) is 5.93. The lowest BCUT2D eigenvalue weighted by Crippen LogP contribution is -2.53. The zero-order valence-corrected chi connectivity index (χ0v) is 9.91. The van der Waals surface area contributed by atoms with Crippen LogP contribution in [0.15, 0.2) is 0 Å². The standard InChI is InChI=1S/C11H15N3O4/c12-6-8-7-13(4-5-18-8)11(17)14-3-1-2-9(14)10(15)16/h8-9H,1-5,7H2,(H,15,16)/t8?,9-/m1/s1. The van der Waals surface area contributed by atoms with E-state index in [9.17, 15) is 9.59 Å². The molecule has 2 heterocycles. The second kappa shape index (κ2) is 5.23. The predicted molar refractivity (Wildman–Crippen MR) is 59.7 cm³/mol. The normalized spacial score (nSPS) is 27.9. The molecule has 0 bridgehead atoms. The van der Waals surface area contributed by atoms with Crippen LogP contribution >= 0.6 is 0 Å². The molecule has 0 spiro atoms. The van der Waals surface area contributed by atoms with Crippen LogP contribution in [0.5, 0.6) is 0 Å². The molecular formula is C11H15N3O4. The molecule has 7 heteroatoms. The molecule has 1 N–H and O–H groups in total. The van der Waals surface area contributed by atoms with Crippen LogP contribution in [-0.2, 0) is 9.53 Å². The highest BCUT2D eigenvalue weighted by atomic mass is 16.5. The van der Waals surface area contributed by atoms with E-state index in [0.717, 1.165) is 0 Å². The number of urea groups is 1. The summed E-state index contributed by atoms with van der Waals surface area (Å²) in [5.41, 5.74) is 0. The SMILES string of the molecule is N#CC1CN(C(=O)N2CCC[C@@H]2C(=O)O)CCO1. The highest BCUT2D eigenvalue weighted by Crippen LogP contribution is 2.20. The summed E-state index contributed by atoms with van der Waals surface area (Å²) >= 11 is 0. The molecular weight excluding hydrogens is 238 g/mol. The van der Waals surface area contributed by atoms with Gasteiger partial charge in [-0.1, -0.05) is 0 Å². The average Bonchev–Trinajstić information content (AvgIpc) is 2.87. The number of nitriles is 1. The second-order valence-corrected chi connectivity index (χ2v) is 4.41. The summed E-state index contributed by atoms with van der Waals surface area (Å²) in [6.45, 7) is 1.39. The number of nitrogens with zero attached hydrogens (tertiary/aromatic N) is 3. The molecule has 2 saturated heterocycles. The van der Waals surface area contributed by atoms with Crippen molar-refractivity contribution >= 4 is 12.0 Å². The fourth-order valence-corrected chi connectivity index (χ4v) is 2.34. The summed E-state index contributed by atoms with van der Waals surface area (Å²) in [5.74, 6) is -0.967. The Bertz CT molecular complexity index is 392. The zero-order valence-electron chi connectivity index (χ0n) is 9.91. The minimum Gasteiger partial charge on any atom is -0.480 e. The Morgan fingerprint density at radius 2 is 2.17 bits per heavy atom. The number of carbonyl (C=O) groups excluding carboxylic acids is 1.